The van der Waals surface area contributed by atoms with Crippen molar-refractivity contribution in [2.45, 2.75) is 39.2 Å². The minimum absolute atomic E-state index is 0.843. The molecule has 1 heterocycles. The molecule has 84 valence electrons. The molecule has 0 unspecified atom stereocenters. The summed E-state index contributed by atoms with van der Waals surface area (Å²) >= 11 is 0. The maximum atomic E-state index is 5.45. The molecule has 0 bridgehead atoms. The molecular formula is C13H21NO. The molecule has 0 radical (unpaired) electrons. The van der Waals surface area contributed by atoms with E-state index < -0.39 is 0 Å². The first-order valence-electron chi connectivity index (χ1n) is 5.70. The Morgan fingerprint density at radius 1 is 1.33 bits per heavy atom. The smallest absolute Gasteiger partial charge is 0.117 e. The Kier molecular flexibility index (Phi) is 5.86. The standard InChI is InChI=1S/C13H21NO/c1-3-4-5-6-7-10-14-11-13-9-8-12(2)15-13/h3,8-9,14H,1,4-7,10-11H2,2H3. The third-order valence-corrected chi connectivity index (χ3v) is 2.36. The van der Waals surface area contributed by atoms with Gasteiger partial charge < -0.3 is 9.73 Å². The van der Waals surface area contributed by atoms with Crippen LogP contribution in [0.15, 0.2) is 29.2 Å². The van der Waals surface area contributed by atoms with Gasteiger partial charge in [-0.3, -0.25) is 0 Å². The van der Waals surface area contributed by atoms with Crippen molar-refractivity contribution in [1.82, 2.24) is 5.32 Å². The highest BCUT2D eigenvalue weighted by molar-refractivity contribution is 5.04. The number of hydrogen-bond acceptors (Lipinski definition) is 2. The minimum atomic E-state index is 0.843. The van der Waals surface area contributed by atoms with Crippen molar-refractivity contribution in [1.29, 1.82) is 0 Å². The minimum Gasteiger partial charge on any atom is -0.465 e. The first kappa shape index (κ1) is 12.1. The van der Waals surface area contributed by atoms with E-state index in [0.29, 0.717) is 0 Å². The van der Waals surface area contributed by atoms with Crippen LogP contribution >= 0.6 is 0 Å². The van der Waals surface area contributed by atoms with Gasteiger partial charge >= 0.3 is 0 Å². The summed E-state index contributed by atoms with van der Waals surface area (Å²) in [5.74, 6) is 2.01. The van der Waals surface area contributed by atoms with Crippen LogP contribution in [0.2, 0.25) is 0 Å². The quantitative estimate of drug-likeness (QED) is 0.522. The first-order valence-corrected chi connectivity index (χ1v) is 5.70. The highest BCUT2D eigenvalue weighted by Crippen LogP contribution is 2.05. The van der Waals surface area contributed by atoms with Gasteiger partial charge in [0.05, 0.1) is 6.54 Å². The summed E-state index contributed by atoms with van der Waals surface area (Å²) < 4.78 is 5.45. The zero-order valence-electron chi connectivity index (χ0n) is 9.59. The van der Waals surface area contributed by atoms with Crippen molar-refractivity contribution >= 4 is 0 Å². The lowest BCUT2D eigenvalue weighted by molar-refractivity contribution is 0.458. The second-order valence-corrected chi connectivity index (χ2v) is 3.83. The van der Waals surface area contributed by atoms with E-state index in [-0.39, 0.29) is 0 Å². The molecule has 2 nitrogen and oxygen atoms in total. The van der Waals surface area contributed by atoms with Crippen molar-refractivity contribution in [3.05, 3.63) is 36.3 Å². The van der Waals surface area contributed by atoms with Gasteiger partial charge in [-0.15, -0.1) is 6.58 Å². The number of furan rings is 1. The predicted molar refractivity (Wildman–Crippen MR) is 63.8 cm³/mol. The van der Waals surface area contributed by atoms with Gasteiger partial charge in [-0.05, 0) is 44.9 Å². The Morgan fingerprint density at radius 3 is 2.87 bits per heavy atom. The molecule has 2 heteroatoms. The Hall–Kier alpha value is -1.02. The predicted octanol–water partition coefficient (Wildman–Crippen LogP) is 3.42. The number of allylic oxidation sites excluding steroid dienone is 1. The van der Waals surface area contributed by atoms with E-state index in [2.05, 4.69) is 11.9 Å². The fraction of sp³-hybridized carbons (Fsp3) is 0.538. The molecular weight excluding hydrogens is 186 g/mol. The van der Waals surface area contributed by atoms with Crippen LogP contribution in [-0.4, -0.2) is 6.54 Å². The average molecular weight is 207 g/mol. The van der Waals surface area contributed by atoms with E-state index in [4.69, 9.17) is 4.42 Å². The number of rotatable bonds is 8. The summed E-state index contributed by atoms with van der Waals surface area (Å²) in [6.07, 6.45) is 6.88. The molecule has 1 N–H and O–H groups in total. The van der Waals surface area contributed by atoms with Gasteiger partial charge in [0.15, 0.2) is 0 Å². The third-order valence-electron chi connectivity index (χ3n) is 2.36. The van der Waals surface area contributed by atoms with Crippen LogP contribution in [0.25, 0.3) is 0 Å². The molecule has 0 amide bonds. The lowest BCUT2D eigenvalue weighted by atomic mass is 10.2. The van der Waals surface area contributed by atoms with Crippen molar-refractivity contribution in [3.63, 3.8) is 0 Å². The lowest BCUT2D eigenvalue weighted by Gasteiger charge is -2.01. The molecule has 0 saturated heterocycles. The molecule has 1 aromatic heterocycles. The third kappa shape index (κ3) is 5.43. The fourth-order valence-corrected chi connectivity index (χ4v) is 1.51. The molecule has 1 rings (SSSR count). The summed E-state index contributed by atoms with van der Waals surface area (Å²) in [6.45, 7) is 7.59. The van der Waals surface area contributed by atoms with Crippen LogP contribution in [-0.2, 0) is 6.54 Å². The molecule has 1 aromatic rings. The zero-order chi connectivity index (χ0) is 10.9. The largest absolute Gasteiger partial charge is 0.465 e. The second kappa shape index (κ2) is 7.30. The highest BCUT2D eigenvalue weighted by atomic mass is 16.3. The van der Waals surface area contributed by atoms with Crippen LogP contribution in [0.4, 0.5) is 0 Å². The summed E-state index contributed by atoms with van der Waals surface area (Å²) in [5.41, 5.74) is 0. The molecule has 0 aliphatic rings. The summed E-state index contributed by atoms with van der Waals surface area (Å²) in [5, 5.41) is 3.37. The van der Waals surface area contributed by atoms with Crippen LogP contribution in [0, 0.1) is 6.92 Å². The molecule has 0 aliphatic heterocycles. The van der Waals surface area contributed by atoms with Gasteiger partial charge in [0.25, 0.3) is 0 Å². The summed E-state index contributed by atoms with van der Waals surface area (Å²) in [4.78, 5) is 0. The Morgan fingerprint density at radius 2 is 2.20 bits per heavy atom. The SMILES string of the molecule is C=CCCCCCNCc1ccc(C)o1. The highest BCUT2D eigenvalue weighted by Gasteiger charge is 1.96. The van der Waals surface area contributed by atoms with Crippen LogP contribution in [0.1, 0.15) is 37.2 Å². The molecule has 0 atom stereocenters. The average Bonchev–Trinajstić information content (AvgIpc) is 2.63. The maximum Gasteiger partial charge on any atom is 0.117 e. The van der Waals surface area contributed by atoms with E-state index in [0.717, 1.165) is 31.0 Å². The molecule has 0 saturated carbocycles. The topological polar surface area (TPSA) is 25.2 Å². The maximum absolute atomic E-state index is 5.45. The van der Waals surface area contributed by atoms with Crippen LogP contribution < -0.4 is 5.32 Å². The van der Waals surface area contributed by atoms with Gasteiger partial charge in [-0.2, -0.15) is 0 Å². The Balaban J connectivity index is 1.95. The fourth-order valence-electron chi connectivity index (χ4n) is 1.51. The van der Waals surface area contributed by atoms with Gasteiger partial charge in [-0.25, -0.2) is 0 Å². The van der Waals surface area contributed by atoms with Gasteiger partial charge in [0.1, 0.15) is 11.5 Å². The van der Waals surface area contributed by atoms with Crippen LogP contribution in [0.3, 0.4) is 0 Å². The molecule has 0 spiro atoms. The normalized spacial score (nSPS) is 10.5. The molecule has 0 aromatic carbocycles. The molecule has 15 heavy (non-hydrogen) atoms. The molecule has 0 aliphatic carbocycles. The summed E-state index contributed by atoms with van der Waals surface area (Å²) in [7, 11) is 0. The van der Waals surface area contributed by atoms with Crippen molar-refractivity contribution in [2.75, 3.05) is 6.54 Å². The number of aryl methyl sites for hydroxylation is 1. The monoisotopic (exact) mass is 207 g/mol. The zero-order valence-corrected chi connectivity index (χ0v) is 9.59. The van der Waals surface area contributed by atoms with Crippen molar-refractivity contribution < 1.29 is 4.42 Å². The number of hydrogen-bond donors (Lipinski definition) is 1. The van der Waals surface area contributed by atoms with Crippen molar-refractivity contribution in [2.24, 2.45) is 0 Å². The van der Waals surface area contributed by atoms with E-state index in [1.807, 2.05) is 25.1 Å². The van der Waals surface area contributed by atoms with Gasteiger partial charge in [0, 0.05) is 0 Å². The number of nitrogens with one attached hydrogen (secondary N) is 1. The second-order valence-electron chi connectivity index (χ2n) is 3.83. The lowest BCUT2D eigenvalue weighted by Crippen LogP contribution is -2.14. The van der Waals surface area contributed by atoms with Gasteiger partial charge in [0.2, 0.25) is 0 Å². The van der Waals surface area contributed by atoms with E-state index in [9.17, 15) is 0 Å². The summed E-state index contributed by atoms with van der Waals surface area (Å²) in [6, 6.07) is 4.03. The first-order chi connectivity index (χ1) is 7.33. The number of unbranched alkanes of at least 4 members (excludes halogenated alkanes) is 3. The Bertz CT molecular complexity index is 278. The van der Waals surface area contributed by atoms with Gasteiger partial charge in [-0.1, -0.05) is 12.5 Å². The Labute approximate surface area is 92.4 Å². The van der Waals surface area contributed by atoms with E-state index >= 15 is 0 Å². The van der Waals surface area contributed by atoms with Crippen LogP contribution in [0.5, 0.6) is 0 Å². The van der Waals surface area contributed by atoms with E-state index in [1.165, 1.54) is 19.3 Å². The van der Waals surface area contributed by atoms with E-state index in [1.54, 1.807) is 0 Å². The molecule has 0 fully saturated rings. The van der Waals surface area contributed by atoms with Crippen molar-refractivity contribution in [3.8, 4) is 0 Å².